The van der Waals surface area contributed by atoms with Gasteiger partial charge in [-0.25, -0.2) is 0 Å². The highest BCUT2D eigenvalue weighted by atomic mass is 16.2. The van der Waals surface area contributed by atoms with Gasteiger partial charge in [-0.15, -0.1) is 0 Å². The molecule has 1 saturated heterocycles. The van der Waals surface area contributed by atoms with Crippen molar-refractivity contribution in [2.45, 2.75) is 6.54 Å². The molecule has 0 aliphatic carbocycles. The summed E-state index contributed by atoms with van der Waals surface area (Å²) in [6.07, 6.45) is 1.60. The van der Waals surface area contributed by atoms with E-state index in [4.69, 9.17) is 0 Å². The third-order valence-corrected chi connectivity index (χ3v) is 5.17. The zero-order valence-corrected chi connectivity index (χ0v) is 15.7. The summed E-state index contributed by atoms with van der Waals surface area (Å²) in [5.41, 5.74) is 2.72. The lowest BCUT2D eigenvalue weighted by molar-refractivity contribution is 0.0627. The smallest absolute Gasteiger partial charge is 0.261 e. The number of H-pyrrole nitrogens is 1. The molecule has 0 radical (unpaired) electrons. The van der Waals surface area contributed by atoms with Crippen LogP contribution in [-0.4, -0.2) is 46.9 Å². The molecular formula is C23H23N3O2. The molecule has 142 valence electrons. The van der Waals surface area contributed by atoms with Crippen LogP contribution in [-0.2, 0) is 6.54 Å². The first-order chi connectivity index (χ1) is 13.7. The Kier molecular flexibility index (Phi) is 5.35. The van der Waals surface area contributed by atoms with Gasteiger partial charge in [0.2, 0.25) is 0 Å². The van der Waals surface area contributed by atoms with Gasteiger partial charge in [-0.2, -0.15) is 0 Å². The zero-order chi connectivity index (χ0) is 19.3. The van der Waals surface area contributed by atoms with Crippen LogP contribution in [0, 0.1) is 0 Å². The first kappa shape index (κ1) is 18.2. The standard InChI is InChI=1S/C23H23N3O2/c27-22-21(20(11-12-24-22)19-9-5-2-6-10-19)23(28)26-15-13-25(14-16-26)17-18-7-3-1-4-8-18/h1-12H,13-17H2,(H,24,27). The van der Waals surface area contributed by atoms with Gasteiger partial charge in [0.1, 0.15) is 5.56 Å². The topological polar surface area (TPSA) is 56.4 Å². The molecule has 0 bridgehead atoms. The van der Waals surface area contributed by atoms with Crippen molar-refractivity contribution < 1.29 is 4.79 Å². The molecule has 4 rings (SSSR count). The molecule has 0 saturated carbocycles. The molecule has 5 nitrogen and oxygen atoms in total. The maximum Gasteiger partial charge on any atom is 0.261 e. The van der Waals surface area contributed by atoms with Crippen LogP contribution in [0.15, 0.2) is 77.7 Å². The summed E-state index contributed by atoms with van der Waals surface area (Å²) in [6, 6.07) is 21.7. The van der Waals surface area contributed by atoms with Crippen molar-refractivity contribution in [3.8, 4) is 11.1 Å². The number of aromatic nitrogens is 1. The predicted molar refractivity (Wildman–Crippen MR) is 110 cm³/mol. The summed E-state index contributed by atoms with van der Waals surface area (Å²) in [7, 11) is 0. The van der Waals surface area contributed by atoms with E-state index in [1.165, 1.54) is 5.56 Å². The summed E-state index contributed by atoms with van der Waals surface area (Å²) < 4.78 is 0. The van der Waals surface area contributed by atoms with Crippen LogP contribution >= 0.6 is 0 Å². The number of pyridine rings is 1. The van der Waals surface area contributed by atoms with Gasteiger partial charge in [-0.05, 0) is 17.2 Å². The molecule has 5 heteroatoms. The molecule has 1 aliphatic rings. The van der Waals surface area contributed by atoms with Gasteiger partial charge < -0.3 is 9.88 Å². The summed E-state index contributed by atoms with van der Waals surface area (Å²) in [5, 5.41) is 0. The van der Waals surface area contributed by atoms with Crippen LogP contribution in [0.5, 0.6) is 0 Å². The second kappa shape index (κ2) is 8.23. The Morgan fingerprint density at radius 1 is 0.857 bits per heavy atom. The highest BCUT2D eigenvalue weighted by Gasteiger charge is 2.26. The van der Waals surface area contributed by atoms with E-state index >= 15 is 0 Å². The minimum atomic E-state index is -0.335. The Bertz CT molecular complexity index is 991. The summed E-state index contributed by atoms with van der Waals surface area (Å²) in [5.74, 6) is -0.194. The van der Waals surface area contributed by atoms with E-state index in [0.717, 1.165) is 25.2 Å². The fourth-order valence-electron chi connectivity index (χ4n) is 3.66. The van der Waals surface area contributed by atoms with Crippen LogP contribution < -0.4 is 5.56 Å². The van der Waals surface area contributed by atoms with Crippen molar-refractivity contribution in [3.63, 3.8) is 0 Å². The first-order valence-corrected chi connectivity index (χ1v) is 9.55. The summed E-state index contributed by atoms with van der Waals surface area (Å²) in [6.45, 7) is 3.71. The average Bonchev–Trinajstić information content (AvgIpc) is 2.75. The number of amides is 1. The van der Waals surface area contributed by atoms with Crippen LogP contribution in [0.25, 0.3) is 11.1 Å². The van der Waals surface area contributed by atoms with Crippen molar-refractivity contribution in [3.05, 3.63) is 94.4 Å². The van der Waals surface area contributed by atoms with Crippen molar-refractivity contribution in [2.75, 3.05) is 26.2 Å². The Balaban J connectivity index is 1.50. The van der Waals surface area contributed by atoms with E-state index in [-0.39, 0.29) is 17.0 Å². The number of aromatic amines is 1. The fourth-order valence-corrected chi connectivity index (χ4v) is 3.66. The normalized spacial score (nSPS) is 14.8. The molecular weight excluding hydrogens is 350 g/mol. The largest absolute Gasteiger partial charge is 0.336 e. The molecule has 1 N–H and O–H groups in total. The van der Waals surface area contributed by atoms with Gasteiger partial charge >= 0.3 is 0 Å². The molecule has 0 spiro atoms. The van der Waals surface area contributed by atoms with E-state index < -0.39 is 0 Å². The molecule has 0 atom stereocenters. The van der Waals surface area contributed by atoms with E-state index in [1.54, 1.807) is 17.2 Å². The minimum Gasteiger partial charge on any atom is -0.336 e. The predicted octanol–water partition coefficient (Wildman–Crippen LogP) is 3.00. The SMILES string of the molecule is O=C(c1c(-c2ccccc2)cc[nH]c1=O)N1CCN(Cc2ccccc2)CC1. The Morgan fingerprint density at radius 2 is 1.50 bits per heavy atom. The van der Waals surface area contributed by atoms with Crippen molar-refractivity contribution in [1.29, 1.82) is 0 Å². The lowest BCUT2D eigenvalue weighted by Crippen LogP contribution is -2.49. The number of benzene rings is 2. The minimum absolute atomic E-state index is 0.194. The van der Waals surface area contributed by atoms with E-state index in [0.29, 0.717) is 18.7 Å². The van der Waals surface area contributed by atoms with Crippen LogP contribution in [0.2, 0.25) is 0 Å². The molecule has 1 aromatic heterocycles. The van der Waals surface area contributed by atoms with E-state index in [1.807, 2.05) is 48.5 Å². The second-order valence-corrected chi connectivity index (χ2v) is 7.02. The number of piperazine rings is 1. The average molecular weight is 373 g/mol. The number of nitrogens with zero attached hydrogens (tertiary/aromatic N) is 2. The Labute approximate surface area is 164 Å². The summed E-state index contributed by atoms with van der Waals surface area (Å²) in [4.78, 5) is 32.4. The van der Waals surface area contributed by atoms with Crippen LogP contribution in [0.4, 0.5) is 0 Å². The number of carbonyl (C=O) groups is 1. The molecule has 3 aromatic rings. The third-order valence-electron chi connectivity index (χ3n) is 5.17. The molecule has 28 heavy (non-hydrogen) atoms. The Hall–Kier alpha value is -3.18. The van der Waals surface area contributed by atoms with Crippen LogP contribution in [0.1, 0.15) is 15.9 Å². The number of nitrogens with one attached hydrogen (secondary N) is 1. The third kappa shape index (κ3) is 3.89. The molecule has 1 amide bonds. The van der Waals surface area contributed by atoms with E-state index in [2.05, 4.69) is 22.0 Å². The summed E-state index contributed by atoms with van der Waals surface area (Å²) >= 11 is 0. The second-order valence-electron chi connectivity index (χ2n) is 7.02. The van der Waals surface area contributed by atoms with Gasteiger partial charge in [0.05, 0.1) is 0 Å². The van der Waals surface area contributed by atoms with Crippen molar-refractivity contribution >= 4 is 5.91 Å². The maximum atomic E-state index is 13.2. The number of rotatable bonds is 4. The fraction of sp³-hybridized carbons (Fsp3) is 0.217. The molecule has 2 heterocycles. The van der Waals surface area contributed by atoms with Gasteiger partial charge in [-0.3, -0.25) is 14.5 Å². The lowest BCUT2D eigenvalue weighted by atomic mass is 10.0. The Morgan fingerprint density at radius 3 is 2.18 bits per heavy atom. The zero-order valence-electron chi connectivity index (χ0n) is 15.7. The lowest BCUT2D eigenvalue weighted by Gasteiger charge is -2.35. The quantitative estimate of drug-likeness (QED) is 0.765. The van der Waals surface area contributed by atoms with Gasteiger partial charge in [0.25, 0.3) is 11.5 Å². The first-order valence-electron chi connectivity index (χ1n) is 9.55. The van der Waals surface area contributed by atoms with E-state index in [9.17, 15) is 9.59 Å². The molecule has 1 aliphatic heterocycles. The van der Waals surface area contributed by atoms with Gasteiger partial charge in [0.15, 0.2) is 0 Å². The maximum absolute atomic E-state index is 13.2. The van der Waals surface area contributed by atoms with Crippen molar-refractivity contribution in [1.82, 2.24) is 14.8 Å². The number of carbonyl (C=O) groups excluding carboxylic acids is 1. The number of hydrogen-bond acceptors (Lipinski definition) is 3. The molecule has 0 unspecified atom stereocenters. The number of hydrogen-bond donors (Lipinski definition) is 1. The van der Waals surface area contributed by atoms with Crippen molar-refractivity contribution in [2.24, 2.45) is 0 Å². The van der Waals surface area contributed by atoms with Crippen LogP contribution in [0.3, 0.4) is 0 Å². The van der Waals surface area contributed by atoms with Gasteiger partial charge in [-0.1, -0.05) is 60.7 Å². The van der Waals surface area contributed by atoms with Gasteiger partial charge in [0, 0.05) is 44.5 Å². The highest BCUT2D eigenvalue weighted by Crippen LogP contribution is 2.22. The molecule has 1 fully saturated rings. The molecule has 2 aromatic carbocycles. The monoisotopic (exact) mass is 373 g/mol. The highest BCUT2D eigenvalue weighted by molar-refractivity contribution is 6.00.